The molecule has 0 atom stereocenters. The molecule has 0 amide bonds. The molecule has 0 unspecified atom stereocenters. The number of aliphatic hydroxyl groups is 1. The Morgan fingerprint density at radius 3 is 1.00 bits per heavy atom. The van der Waals surface area contributed by atoms with Gasteiger partial charge in [0.05, 0.1) is 0 Å². The molecule has 24 heavy (non-hydrogen) atoms. The van der Waals surface area contributed by atoms with Crippen LogP contribution in [0.25, 0.3) is 0 Å². The molecule has 5 heteroatoms. The molecule has 0 spiro atoms. The molecule has 0 aromatic heterocycles. The summed E-state index contributed by atoms with van der Waals surface area (Å²) in [5.74, 6) is 0. The second-order valence-corrected chi connectivity index (χ2v) is 9.89. The molecule has 0 aliphatic heterocycles. The van der Waals surface area contributed by atoms with Crippen LogP contribution in [-0.4, -0.2) is 12.2 Å². The predicted octanol–water partition coefficient (Wildman–Crippen LogP) is 4.43. The first-order chi connectivity index (χ1) is 11.9. The van der Waals surface area contributed by atoms with Crippen molar-refractivity contribution in [1.82, 2.24) is 0 Å². The van der Waals surface area contributed by atoms with Crippen molar-refractivity contribution in [3.63, 3.8) is 0 Å². The van der Waals surface area contributed by atoms with Crippen LogP contribution in [0.1, 0.15) is 0 Å². The Kier molecular flexibility index (Phi) is 12.1. The van der Waals surface area contributed by atoms with Crippen molar-refractivity contribution in [3.8, 4) is 0 Å². The zero-order valence-corrected chi connectivity index (χ0v) is 17.8. The maximum absolute atomic E-state index is 7.00. The molecule has 0 radical (unpaired) electrons. The molecule has 1 nitrogen and oxygen atoms in total. The third kappa shape index (κ3) is 7.06. The first-order valence-electron chi connectivity index (χ1n) is 7.09. The molecule has 0 fully saturated rings. The minimum absolute atomic E-state index is 0.446. The standard InChI is InChI=1S/C18H15P.CH4O.2ClH.Pt/c1-4-10-16(11-5-1)19(17-12-6-2-7-13-17)18-14-8-3-9-15-18;1-2;;;/h1-15H;2H,1H3;2*1H;/q;;;;+2/p-2. The third-order valence-electron chi connectivity index (χ3n) is 3.04. The molecule has 130 valence electrons. The van der Waals surface area contributed by atoms with Crippen molar-refractivity contribution in [3.05, 3.63) is 91.0 Å². The Balaban J connectivity index is 0.000000521. The van der Waals surface area contributed by atoms with Gasteiger partial charge in [-0.05, 0) is 23.8 Å². The van der Waals surface area contributed by atoms with Crippen LogP contribution < -0.4 is 15.9 Å². The van der Waals surface area contributed by atoms with E-state index in [-0.39, 0.29) is 0 Å². The molecule has 0 saturated heterocycles. The number of hydrogen-bond donors (Lipinski definition) is 1. The van der Waals surface area contributed by atoms with Crippen LogP contribution >= 0.6 is 26.8 Å². The SMILES string of the molecule is CO.[Cl][Pt][Cl].c1ccc(P(c2ccccc2)c2ccccc2)cc1. The average molecular weight is 560 g/mol. The number of rotatable bonds is 3. The van der Waals surface area contributed by atoms with E-state index in [0.29, 0.717) is 0 Å². The monoisotopic (exact) mass is 559 g/mol. The second-order valence-electron chi connectivity index (χ2n) is 4.39. The average Bonchev–Trinajstić information content (AvgIpc) is 2.67. The summed E-state index contributed by atoms with van der Waals surface area (Å²) >= 11 is -0.472. The maximum Gasteiger partial charge on any atom is -0.0134 e. The minimum Gasteiger partial charge on any atom is -0.0622 e. The normalized spacial score (nSPS) is 9.54. The minimum atomic E-state index is -0.472. The van der Waals surface area contributed by atoms with Gasteiger partial charge in [-0.1, -0.05) is 91.0 Å². The van der Waals surface area contributed by atoms with E-state index in [1.807, 2.05) is 0 Å². The Bertz CT molecular complexity index is 560. The summed E-state index contributed by atoms with van der Waals surface area (Å²) in [6, 6.07) is 32.3. The van der Waals surface area contributed by atoms with E-state index >= 15 is 0 Å². The van der Waals surface area contributed by atoms with Crippen LogP contribution in [0.15, 0.2) is 91.0 Å². The Labute approximate surface area is 161 Å². The molecule has 3 aromatic rings. The topological polar surface area (TPSA) is 20.2 Å². The van der Waals surface area contributed by atoms with Gasteiger partial charge in [-0.2, -0.15) is 0 Å². The molecule has 3 aromatic carbocycles. The van der Waals surface area contributed by atoms with Gasteiger partial charge in [-0.3, -0.25) is 0 Å². The molecule has 3 rings (SSSR count). The van der Waals surface area contributed by atoms with E-state index < -0.39 is 24.4 Å². The van der Waals surface area contributed by atoms with Crippen molar-refractivity contribution in [1.29, 1.82) is 0 Å². The van der Waals surface area contributed by atoms with Crippen LogP contribution in [0.4, 0.5) is 0 Å². The molecular formula is C19H19Cl2OPPt. The van der Waals surface area contributed by atoms with E-state index in [1.165, 1.54) is 15.9 Å². The first kappa shape index (κ1) is 21.4. The van der Waals surface area contributed by atoms with Gasteiger partial charge in [0.1, 0.15) is 0 Å². The summed E-state index contributed by atoms with van der Waals surface area (Å²) in [5.41, 5.74) is 0. The van der Waals surface area contributed by atoms with Crippen molar-refractivity contribution in [2.75, 3.05) is 7.11 Å². The van der Waals surface area contributed by atoms with Gasteiger partial charge in [0, 0.05) is 7.11 Å². The molecule has 0 aliphatic rings. The van der Waals surface area contributed by atoms with Gasteiger partial charge >= 0.3 is 35.3 Å². The third-order valence-corrected chi connectivity index (χ3v) is 5.49. The first-order valence-corrected chi connectivity index (χ1v) is 14.1. The van der Waals surface area contributed by atoms with E-state index in [9.17, 15) is 0 Å². The maximum atomic E-state index is 7.00. The Morgan fingerprint density at radius 1 is 0.583 bits per heavy atom. The molecule has 0 saturated carbocycles. The molecule has 1 N–H and O–H groups in total. The zero-order valence-electron chi connectivity index (χ0n) is 13.1. The van der Waals surface area contributed by atoms with Crippen molar-refractivity contribution < 1.29 is 21.6 Å². The fourth-order valence-electron chi connectivity index (χ4n) is 2.18. The molecule has 0 heterocycles. The van der Waals surface area contributed by atoms with Crippen LogP contribution in [-0.2, 0) is 16.5 Å². The summed E-state index contributed by atoms with van der Waals surface area (Å²) in [6.45, 7) is 0. The summed E-state index contributed by atoms with van der Waals surface area (Å²) in [4.78, 5) is 0. The summed E-state index contributed by atoms with van der Waals surface area (Å²) in [7, 11) is 10.3. The van der Waals surface area contributed by atoms with E-state index in [0.717, 1.165) is 7.11 Å². The summed E-state index contributed by atoms with van der Waals surface area (Å²) < 4.78 is 0. The largest absolute Gasteiger partial charge is 0.0622 e. The number of halogens is 2. The quantitative estimate of drug-likeness (QED) is 0.471. The zero-order chi connectivity index (χ0) is 17.6. The number of aliphatic hydroxyl groups excluding tert-OH is 1. The Morgan fingerprint density at radius 2 is 0.792 bits per heavy atom. The van der Waals surface area contributed by atoms with Gasteiger partial charge < -0.3 is 5.11 Å². The number of benzene rings is 3. The predicted molar refractivity (Wildman–Crippen MR) is 105 cm³/mol. The Hall–Kier alpha value is -0.682. The van der Waals surface area contributed by atoms with Gasteiger partial charge in [0.15, 0.2) is 0 Å². The van der Waals surface area contributed by atoms with Crippen molar-refractivity contribution >= 4 is 42.7 Å². The van der Waals surface area contributed by atoms with E-state index in [2.05, 4.69) is 91.0 Å². The molecular weight excluding hydrogens is 541 g/mol. The van der Waals surface area contributed by atoms with Gasteiger partial charge in [0.2, 0.25) is 0 Å². The molecule has 0 aliphatic carbocycles. The van der Waals surface area contributed by atoms with Crippen LogP contribution in [0.5, 0.6) is 0 Å². The van der Waals surface area contributed by atoms with E-state index in [4.69, 9.17) is 23.9 Å². The van der Waals surface area contributed by atoms with Crippen molar-refractivity contribution in [2.24, 2.45) is 0 Å². The smallest absolute Gasteiger partial charge is 0.0134 e. The van der Waals surface area contributed by atoms with Crippen molar-refractivity contribution in [2.45, 2.75) is 0 Å². The number of hydrogen-bond acceptors (Lipinski definition) is 1. The van der Waals surface area contributed by atoms with Crippen LogP contribution in [0.3, 0.4) is 0 Å². The summed E-state index contributed by atoms with van der Waals surface area (Å²) in [5, 5.41) is 11.2. The summed E-state index contributed by atoms with van der Waals surface area (Å²) in [6.07, 6.45) is 0. The fraction of sp³-hybridized carbons (Fsp3) is 0.0526. The van der Waals surface area contributed by atoms with Crippen LogP contribution in [0.2, 0.25) is 0 Å². The van der Waals surface area contributed by atoms with E-state index in [1.54, 1.807) is 0 Å². The molecule has 0 bridgehead atoms. The van der Waals surface area contributed by atoms with Crippen LogP contribution in [0, 0.1) is 0 Å². The van der Waals surface area contributed by atoms with Gasteiger partial charge in [-0.15, -0.1) is 0 Å². The van der Waals surface area contributed by atoms with Gasteiger partial charge in [0.25, 0.3) is 0 Å². The second kappa shape index (κ2) is 13.6. The van der Waals surface area contributed by atoms with Gasteiger partial charge in [-0.25, -0.2) is 0 Å². The fourth-order valence-corrected chi connectivity index (χ4v) is 4.48.